The summed E-state index contributed by atoms with van der Waals surface area (Å²) in [5, 5.41) is 5.91. The van der Waals surface area contributed by atoms with E-state index in [4.69, 9.17) is 4.74 Å². The van der Waals surface area contributed by atoms with Crippen LogP contribution in [0.5, 0.6) is 5.75 Å². The third-order valence-electron chi connectivity index (χ3n) is 3.11. The molecular weight excluding hydrogens is 284 g/mol. The number of ether oxygens (including phenoxy) is 1. The Morgan fingerprint density at radius 2 is 2.10 bits per heavy atom. The Balaban J connectivity index is 1.94. The first-order valence-electron chi connectivity index (χ1n) is 6.81. The van der Waals surface area contributed by atoms with Gasteiger partial charge in [-0.3, -0.25) is 4.79 Å². The summed E-state index contributed by atoms with van der Waals surface area (Å²) in [6.45, 7) is 5.07. The quantitative estimate of drug-likeness (QED) is 0.862. The van der Waals surface area contributed by atoms with Crippen LogP contribution in [0, 0.1) is 13.8 Å². The maximum absolute atomic E-state index is 11.2. The molecule has 0 atom stereocenters. The molecule has 0 bridgehead atoms. The number of carbonyl (C=O) groups is 1. The smallest absolute Gasteiger partial charge is 0.257 e. The summed E-state index contributed by atoms with van der Waals surface area (Å²) in [7, 11) is 1.59. The minimum absolute atomic E-state index is 0.0305. The lowest BCUT2D eigenvalue weighted by Crippen LogP contribution is -2.24. The molecule has 5 heteroatoms. The Labute approximate surface area is 129 Å². The first kappa shape index (κ1) is 15.4. The van der Waals surface area contributed by atoms with Gasteiger partial charge < -0.3 is 15.4 Å². The summed E-state index contributed by atoms with van der Waals surface area (Å²) in [5.41, 5.74) is 2.29. The normalized spacial score (nSPS) is 10.2. The Hall–Kier alpha value is -2.01. The number of nitrogens with one attached hydrogen (secondary N) is 2. The van der Waals surface area contributed by atoms with Gasteiger partial charge in [-0.15, -0.1) is 11.3 Å². The maximum Gasteiger partial charge on any atom is 0.257 e. The van der Waals surface area contributed by atoms with Crippen molar-refractivity contribution in [2.75, 3.05) is 19.0 Å². The third-order valence-corrected chi connectivity index (χ3v) is 4.12. The Morgan fingerprint density at radius 3 is 2.76 bits per heavy atom. The number of rotatable bonds is 6. The van der Waals surface area contributed by atoms with E-state index in [0.717, 1.165) is 12.2 Å². The van der Waals surface area contributed by atoms with E-state index in [2.05, 4.69) is 30.5 Å². The van der Waals surface area contributed by atoms with Gasteiger partial charge in [-0.05, 0) is 37.6 Å². The first-order chi connectivity index (χ1) is 10.1. The number of anilines is 1. The van der Waals surface area contributed by atoms with Crippen molar-refractivity contribution in [1.82, 2.24) is 5.32 Å². The van der Waals surface area contributed by atoms with Crippen molar-refractivity contribution in [2.24, 2.45) is 0 Å². The number of likely N-dealkylation sites (N-methyl/N-ethyl adjacent to an activating group) is 1. The molecule has 0 radical (unpaired) electrons. The fraction of sp³-hybridized carbons (Fsp3) is 0.312. The van der Waals surface area contributed by atoms with Crippen molar-refractivity contribution in [3.8, 4) is 5.75 Å². The second-order valence-electron chi connectivity index (χ2n) is 4.78. The van der Waals surface area contributed by atoms with E-state index in [1.54, 1.807) is 7.05 Å². The van der Waals surface area contributed by atoms with Crippen LogP contribution in [0.25, 0.3) is 0 Å². The molecule has 1 heterocycles. The molecule has 4 nitrogen and oxygen atoms in total. The standard InChI is InChI=1S/C16H20N2O2S/c1-11-7-13(12(2)21-11)9-18-14-5-4-6-15(8-14)20-10-16(19)17-3/h4-8,18H,9-10H2,1-3H3,(H,17,19). The topological polar surface area (TPSA) is 50.4 Å². The van der Waals surface area contributed by atoms with Gasteiger partial charge >= 0.3 is 0 Å². The van der Waals surface area contributed by atoms with Crippen LogP contribution >= 0.6 is 11.3 Å². The van der Waals surface area contributed by atoms with Crippen LogP contribution in [0.3, 0.4) is 0 Å². The zero-order chi connectivity index (χ0) is 15.2. The molecule has 21 heavy (non-hydrogen) atoms. The average Bonchev–Trinajstić information content (AvgIpc) is 2.81. The zero-order valence-electron chi connectivity index (χ0n) is 12.5. The third kappa shape index (κ3) is 4.49. The van der Waals surface area contributed by atoms with E-state index in [-0.39, 0.29) is 12.5 Å². The van der Waals surface area contributed by atoms with Crippen molar-refractivity contribution in [2.45, 2.75) is 20.4 Å². The molecule has 0 saturated carbocycles. The van der Waals surface area contributed by atoms with Crippen molar-refractivity contribution >= 4 is 22.9 Å². The summed E-state index contributed by atoms with van der Waals surface area (Å²) in [5.74, 6) is 0.541. The molecule has 0 saturated heterocycles. The van der Waals surface area contributed by atoms with E-state index in [1.807, 2.05) is 35.6 Å². The van der Waals surface area contributed by atoms with Gasteiger partial charge in [-0.25, -0.2) is 0 Å². The van der Waals surface area contributed by atoms with E-state index in [0.29, 0.717) is 5.75 Å². The summed E-state index contributed by atoms with van der Waals surface area (Å²) in [6, 6.07) is 9.85. The van der Waals surface area contributed by atoms with E-state index >= 15 is 0 Å². The number of hydrogen-bond donors (Lipinski definition) is 2. The Bertz CT molecular complexity index is 622. The fourth-order valence-electron chi connectivity index (χ4n) is 1.97. The first-order valence-corrected chi connectivity index (χ1v) is 7.63. The lowest BCUT2D eigenvalue weighted by atomic mass is 10.2. The van der Waals surface area contributed by atoms with Gasteiger partial charge in [0.25, 0.3) is 5.91 Å². The largest absolute Gasteiger partial charge is 0.484 e. The molecule has 2 rings (SSSR count). The molecule has 1 aromatic heterocycles. The molecule has 0 aliphatic rings. The highest BCUT2D eigenvalue weighted by atomic mass is 32.1. The lowest BCUT2D eigenvalue weighted by molar-refractivity contribution is -0.122. The van der Waals surface area contributed by atoms with Gasteiger partial charge in [0.15, 0.2) is 6.61 Å². The number of amides is 1. The molecule has 0 aliphatic carbocycles. The maximum atomic E-state index is 11.2. The summed E-state index contributed by atoms with van der Waals surface area (Å²) in [4.78, 5) is 13.8. The van der Waals surface area contributed by atoms with Crippen LogP contribution in [0.15, 0.2) is 30.3 Å². The van der Waals surface area contributed by atoms with Gasteiger partial charge in [0.05, 0.1) is 0 Å². The monoisotopic (exact) mass is 304 g/mol. The molecule has 0 spiro atoms. The van der Waals surface area contributed by atoms with Crippen molar-refractivity contribution in [1.29, 1.82) is 0 Å². The molecule has 0 aliphatic heterocycles. The summed E-state index contributed by atoms with van der Waals surface area (Å²) >= 11 is 1.81. The van der Waals surface area contributed by atoms with E-state index < -0.39 is 0 Å². The van der Waals surface area contributed by atoms with Crippen LogP contribution in [-0.4, -0.2) is 19.6 Å². The second-order valence-corrected chi connectivity index (χ2v) is 6.24. The van der Waals surface area contributed by atoms with Gasteiger partial charge in [0.2, 0.25) is 0 Å². The lowest BCUT2D eigenvalue weighted by Gasteiger charge is -2.09. The number of carbonyl (C=O) groups excluding carboxylic acids is 1. The summed E-state index contributed by atoms with van der Waals surface area (Å²) in [6.07, 6.45) is 0. The SMILES string of the molecule is CNC(=O)COc1cccc(NCc2cc(C)sc2C)c1. The van der Waals surface area contributed by atoms with Gasteiger partial charge in [0.1, 0.15) is 5.75 Å². The van der Waals surface area contributed by atoms with Gasteiger partial charge in [0, 0.05) is 35.1 Å². The van der Waals surface area contributed by atoms with Gasteiger partial charge in [-0.2, -0.15) is 0 Å². The molecule has 1 aromatic carbocycles. The van der Waals surface area contributed by atoms with Crippen LogP contribution in [-0.2, 0) is 11.3 Å². The molecule has 0 fully saturated rings. The zero-order valence-corrected chi connectivity index (χ0v) is 13.3. The highest BCUT2D eigenvalue weighted by molar-refractivity contribution is 7.12. The predicted octanol–water partition coefficient (Wildman–Crippen LogP) is 3.10. The number of hydrogen-bond acceptors (Lipinski definition) is 4. The van der Waals surface area contributed by atoms with Gasteiger partial charge in [-0.1, -0.05) is 6.07 Å². The molecular formula is C16H20N2O2S. The molecule has 0 unspecified atom stereocenters. The highest BCUT2D eigenvalue weighted by Gasteiger charge is 2.04. The molecule has 112 valence electrons. The van der Waals surface area contributed by atoms with Crippen LogP contribution < -0.4 is 15.4 Å². The fourth-order valence-corrected chi connectivity index (χ4v) is 2.92. The number of thiophene rings is 1. The Kier molecular flexibility index (Phi) is 5.22. The Morgan fingerprint density at radius 1 is 1.29 bits per heavy atom. The minimum atomic E-state index is -0.141. The molecule has 2 aromatic rings. The second kappa shape index (κ2) is 7.13. The van der Waals surface area contributed by atoms with Crippen molar-refractivity contribution in [3.63, 3.8) is 0 Å². The summed E-state index contributed by atoms with van der Waals surface area (Å²) < 4.78 is 5.43. The van der Waals surface area contributed by atoms with E-state index in [1.165, 1.54) is 15.3 Å². The molecule has 1 amide bonds. The van der Waals surface area contributed by atoms with Crippen LogP contribution in [0.2, 0.25) is 0 Å². The minimum Gasteiger partial charge on any atom is -0.484 e. The van der Waals surface area contributed by atoms with E-state index in [9.17, 15) is 4.79 Å². The predicted molar refractivity (Wildman–Crippen MR) is 87.1 cm³/mol. The van der Waals surface area contributed by atoms with Crippen LogP contribution in [0.1, 0.15) is 15.3 Å². The van der Waals surface area contributed by atoms with Crippen LogP contribution in [0.4, 0.5) is 5.69 Å². The van der Waals surface area contributed by atoms with Crippen molar-refractivity contribution < 1.29 is 9.53 Å². The van der Waals surface area contributed by atoms with Crippen molar-refractivity contribution in [3.05, 3.63) is 45.6 Å². The highest BCUT2D eigenvalue weighted by Crippen LogP contribution is 2.23. The molecule has 2 N–H and O–H groups in total. The number of benzene rings is 1. The number of aryl methyl sites for hydroxylation is 2. The average molecular weight is 304 g/mol.